The number of carbonyl (C=O) groups excluding carboxylic acids is 3. The maximum atomic E-state index is 14.3. The number of amides is 2. The number of nitrogens with zero attached hydrogens (tertiary/aromatic N) is 1. The van der Waals surface area contributed by atoms with Crippen molar-refractivity contribution in [1.29, 1.82) is 0 Å². The fourth-order valence-electron chi connectivity index (χ4n) is 4.73. The number of hydrogen-bond donors (Lipinski definition) is 2. The molecule has 286 valence electrons. The maximum absolute atomic E-state index is 14.3. The van der Waals surface area contributed by atoms with Crippen LogP contribution in [0.1, 0.15) is 113 Å². The molecule has 1 aliphatic rings. The lowest BCUT2D eigenvalue weighted by atomic mass is 9.96. The van der Waals surface area contributed by atoms with Crippen LogP contribution in [0.2, 0.25) is 5.02 Å². The van der Waals surface area contributed by atoms with E-state index < -0.39 is 6.17 Å². The summed E-state index contributed by atoms with van der Waals surface area (Å²) in [7, 11) is 1.40. The van der Waals surface area contributed by atoms with Crippen molar-refractivity contribution in [2.24, 2.45) is 5.92 Å². The predicted molar refractivity (Wildman–Crippen MR) is 208 cm³/mol. The molecule has 1 aromatic rings. The summed E-state index contributed by atoms with van der Waals surface area (Å²) >= 11 is 6.24. The van der Waals surface area contributed by atoms with Crippen molar-refractivity contribution in [2.45, 2.75) is 132 Å². The van der Waals surface area contributed by atoms with E-state index in [9.17, 15) is 18.8 Å². The highest BCUT2D eigenvalue weighted by atomic mass is 35.5. The second-order valence-corrected chi connectivity index (χ2v) is 11.9. The fraction of sp³-hybridized carbons (Fsp3) is 0.625. The first-order valence-electron chi connectivity index (χ1n) is 18.4. The Labute approximate surface area is 308 Å². The Bertz CT molecular complexity index is 1130. The van der Waals surface area contributed by atoms with Crippen LogP contribution >= 0.6 is 11.6 Å². The Morgan fingerprint density at radius 3 is 2.20 bits per heavy atom. The first-order valence-corrected chi connectivity index (χ1v) is 18.8. The number of esters is 1. The van der Waals surface area contributed by atoms with Gasteiger partial charge in [-0.15, -0.1) is 0 Å². The number of alkyl halides is 1. The van der Waals surface area contributed by atoms with Crippen molar-refractivity contribution >= 4 is 35.1 Å². The zero-order valence-corrected chi connectivity index (χ0v) is 33.3. The highest BCUT2D eigenvalue weighted by Crippen LogP contribution is 2.24. The Morgan fingerprint density at radius 2 is 1.62 bits per heavy atom. The molecular weight excluding hydrogens is 657 g/mol. The minimum atomic E-state index is -1.14. The van der Waals surface area contributed by atoms with Gasteiger partial charge in [0.1, 0.15) is 6.17 Å². The van der Waals surface area contributed by atoms with E-state index in [2.05, 4.69) is 41.0 Å². The standard InChI is InChI=1S/C27H42ClFN2O5.C9H13N.2C2H6/c1-7-9-22(27(34)35-6)12-10-19(4)36-17-18(3)31(16-23(29)8-2)26(33)15-21-11-13-25(24(28)14-21)30-20(5)32;1-2-4-6-8-10-9-7-5-3-1;2*1-2/h11,13-14,18-19,22-23H,7-10,12,15-17H2,1-6H3,(H,30,32);1-2,5-8,10H,3-4,9H2;2*1-2H3/b;2-1-,7-5-,8-6-;;. The lowest BCUT2D eigenvalue weighted by molar-refractivity contribution is -0.146. The molecule has 0 aromatic heterocycles. The molecule has 2 N–H and O–H groups in total. The number of carbonyl (C=O) groups is 3. The highest BCUT2D eigenvalue weighted by Gasteiger charge is 2.25. The lowest BCUT2D eigenvalue weighted by Gasteiger charge is -2.31. The van der Waals surface area contributed by atoms with Gasteiger partial charge in [-0.2, -0.15) is 0 Å². The molecule has 4 unspecified atom stereocenters. The van der Waals surface area contributed by atoms with Crippen molar-refractivity contribution in [1.82, 2.24) is 10.2 Å². The molecule has 8 nitrogen and oxygen atoms in total. The van der Waals surface area contributed by atoms with Gasteiger partial charge in [0.05, 0.1) is 55.5 Å². The minimum absolute atomic E-state index is 0.0210. The molecule has 4 atom stereocenters. The van der Waals surface area contributed by atoms with Gasteiger partial charge in [0, 0.05) is 13.5 Å². The van der Waals surface area contributed by atoms with E-state index in [4.69, 9.17) is 21.1 Å². The summed E-state index contributed by atoms with van der Waals surface area (Å²) < 4.78 is 25.2. The molecule has 1 aliphatic heterocycles. The molecule has 0 aliphatic carbocycles. The van der Waals surface area contributed by atoms with Gasteiger partial charge >= 0.3 is 5.97 Å². The van der Waals surface area contributed by atoms with E-state index in [1.165, 1.54) is 18.9 Å². The quantitative estimate of drug-likeness (QED) is 0.130. The number of nitrogens with one attached hydrogen (secondary N) is 2. The largest absolute Gasteiger partial charge is 0.469 e. The van der Waals surface area contributed by atoms with Crippen molar-refractivity contribution in [3.05, 3.63) is 65.4 Å². The van der Waals surface area contributed by atoms with Crippen LogP contribution in [0.25, 0.3) is 0 Å². The van der Waals surface area contributed by atoms with Gasteiger partial charge in [-0.3, -0.25) is 14.4 Å². The van der Waals surface area contributed by atoms with Crippen LogP contribution in [-0.2, 0) is 30.3 Å². The van der Waals surface area contributed by atoms with E-state index in [0.29, 0.717) is 35.5 Å². The smallest absolute Gasteiger partial charge is 0.308 e. The highest BCUT2D eigenvalue weighted by molar-refractivity contribution is 6.33. The van der Waals surface area contributed by atoms with Crippen LogP contribution in [0.3, 0.4) is 0 Å². The van der Waals surface area contributed by atoms with E-state index in [0.717, 1.165) is 32.2 Å². The van der Waals surface area contributed by atoms with Gasteiger partial charge in [0.25, 0.3) is 0 Å². The summed E-state index contributed by atoms with van der Waals surface area (Å²) in [5.74, 6) is -0.822. The molecule has 0 saturated heterocycles. The molecule has 2 amide bonds. The molecule has 0 bridgehead atoms. The average Bonchev–Trinajstić information content (AvgIpc) is 3.12. The summed E-state index contributed by atoms with van der Waals surface area (Å²) in [6.07, 6.45) is 17.0. The number of anilines is 1. The molecule has 1 heterocycles. The van der Waals surface area contributed by atoms with Crippen molar-refractivity contribution in [3.63, 3.8) is 0 Å². The van der Waals surface area contributed by atoms with Crippen LogP contribution in [0, 0.1) is 5.92 Å². The Kier molecular flexibility index (Phi) is 31.1. The predicted octanol–water partition coefficient (Wildman–Crippen LogP) is 9.63. The molecule has 0 spiro atoms. The molecular formula is C40H67ClFN3O5. The van der Waals surface area contributed by atoms with Crippen LogP contribution in [0.15, 0.2) is 54.8 Å². The Balaban J connectivity index is 0. The van der Waals surface area contributed by atoms with E-state index in [1.807, 2.05) is 54.7 Å². The lowest BCUT2D eigenvalue weighted by Crippen LogP contribution is -2.45. The Morgan fingerprint density at radius 1 is 0.980 bits per heavy atom. The third-order valence-electron chi connectivity index (χ3n) is 7.45. The van der Waals surface area contributed by atoms with Crippen LogP contribution in [0.4, 0.5) is 10.1 Å². The number of halogens is 2. The number of benzene rings is 1. The molecule has 2 rings (SSSR count). The van der Waals surface area contributed by atoms with Gasteiger partial charge in [-0.1, -0.05) is 96.0 Å². The first kappa shape index (κ1) is 48.9. The number of methoxy groups -OCH3 is 1. The number of ether oxygens (including phenoxy) is 2. The van der Waals surface area contributed by atoms with Crippen molar-refractivity contribution < 1.29 is 28.2 Å². The minimum Gasteiger partial charge on any atom is -0.469 e. The van der Waals surface area contributed by atoms with Gasteiger partial charge in [0.2, 0.25) is 11.8 Å². The summed E-state index contributed by atoms with van der Waals surface area (Å²) in [5, 5.41) is 6.12. The normalized spacial score (nSPS) is 16.2. The van der Waals surface area contributed by atoms with E-state index in [-0.39, 0.29) is 55.4 Å². The summed E-state index contributed by atoms with van der Waals surface area (Å²) in [5.41, 5.74) is 1.14. The van der Waals surface area contributed by atoms with Crippen molar-refractivity contribution in [3.8, 4) is 0 Å². The third kappa shape index (κ3) is 23.3. The van der Waals surface area contributed by atoms with E-state index >= 15 is 0 Å². The maximum Gasteiger partial charge on any atom is 0.308 e. The summed E-state index contributed by atoms with van der Waals surface area (Å²) in [6.45, 7) is 18.1. The molecule has 50 heavy (non-hydrogen) atoms. The van der Waals surface area contributed by atoms with Gasteiger partial charge in [-0.05, 0) is 76.3 Å². The van der Waals surface area contributed by atoms with Crippen LogP contribution < -0.4 is 10.6 Å². The Hall–Kier alpha value is -3.17. The summed E-state index contributed by atoms with van der Waals surface area (Å²) in [4.78, 5) is 37.9. The van der Waals surface area contributed by atoms with Crippen molar-refractivity contribution in [2.75, 3.05) is 32.1 Å². The topological polar surface area (TPSA) is 97.0 Å². The number of hydrogen-bond acceptors (Lipinski definition) is 6. The molecule has 10 heteroatoms. The fourth-order valence-corrected chi connectivity index (χ4v) is 4.98. The molecule has 0 fully saturated rings. The molecule has 0 radical (unpaired) electrons. The van der Waals surface area contributed by atoms with Gasteiger partial charge < -0.3 is 25.0 Å². The van der Waals surface area contributed by atoms with Crippen LogP contribution in [0.5, 0.6) is 0 Å². The zero-order valence-electron chi connectivity index (χ0n) is 32.5. The SMILES string of the molecule is C1=C\C/C=C\NC/C=C\C/1.CC.CC.CCCC(CCC(C)OCC(C)N(CC(F)CC)C(=O)Cc1ccc(NC(C)=O)c(Cl)c1)C(=O)OC. The molecule has 0 saturated carbocycles. The second kappa shape index (κ2) is 31.8. The number of rotatable bonds is 16. The van der Waals surface area contributed by atoms with Crippen LogP contribution in [-0.4, -0.2) is 67.8 Å². The first-order chi connectivity index (χ1) is 24.0. The molecule has 1 aromatic carbocycles. The third-order valence-corrected chi connectivity index (χ3v) is 7.77. The number of allylic oxidation sites excluding steroid dienone is 4. The second-order valence-electron chi connectivity index (χ2n) is 11.5. The van der Waals surface area contributed by atoms with E-state index in [1.54, 1.807) is 25.1 Å². The van der Waals surface area contributed by atoms with Gasteiger partial charge in [0.15, 0.2) is 0 Å². The van der Waals surface area contributed by atoms with Gasteiger partial charge in [-0.25, -0.2) is 4.39 Å². The monoisotopic (exact) mass is 723 g/mol. The summed E-state index contributed by atoms with van der Waals surface area (Å²) in [6, 6.07) is 4.66. The zero-order chi connectivity index (χ0) is 38.3. The average molecular weight is 724 g/mol.